The topological polar surface area (TPSA) is 258 Å². The average Bonchev–Trinajstić information content (AvgIpc) is 3.27. The molecule has 0 unspecified atom stereocenters. The lowest BCUT2D eigenvalue weighted by Gasteiger charge is -2.11. The molecule has 0 aliphatic carbocycles. The van der Waals surface area contributed by atoms with Crippen LogP contribution in [0.15, 0.2) is 73.8 Å². The molecule has 14 nitrogen and oxygen atoms in total. The highest BCUT2D eigenvalue weighted by Gasteiger charge is 2.29. The number of hydrogen-bond donors (Lipinski definition) is 6. The summed E-state index contributed by atoms with van der Waals surface area (Å²) >= 11 is 0. The molecule has 2 heterocycles. The summed E-state index contributed by atoms with van der Waals surface area (Å²) in [5.41, 5.74) is 3.32. The van der Waals surface area contributed by atoms with Gasteiger partial charge in [-0.1, -0.05) is 12.1 Å². The number of hydrogen-bond acceptors (Lipinski definition) is 9. The summed E-state index contributed by atoms with van der Waals surface area (Å²) in [6.45, 7) is 3.15. The maximum atomic E-state index is 13.5. The molecule has 37 heavy (non-hydrogen) atoms. The van der Waals surface area contributed by atoms with Crippen molar-refractivity contribution in [3.05, 3.63) is 81.3 Å². The smallest absolute Gasteiger partial charge is 0.294 e. The van der Waals surface area contributed by atoms with E-state index in [-0.39, 0.29) is 44.5 Å². The standard InChI is InChI=1S/C21H18N4O8S2.2H3N/c1-11-17(20(26)23-22-11)19(13-3-7-15(8-4-13)34(28,29)30)18-12(2)24-25(21(18)27)14-5-9-16(10-6-14)35(31,32)33;;/h3-10,24H,1-2H3,(H,23,26)(H,28,29,30)(H,31,32,33);2*1H3. The van der Waals surface area contributed by atoms with Crippen molar-refractivity contribution in [2.45, 2.75) is 23.6 Å². The van der Waals surface area contributed by atoms with Crippen LogP contribution in [0.4, 0.5) is 0 Å². The fraction of sp³-hybridized carbons (Fsp3) is 0.0952. The van der Waals surface area contributed by atoms with Crippen molar-refractivity contribution in [2.75, 3.05) is 0 Å². The van der Waals surface area contributed by atoms with E-state index in [1.165, 1.54) is 24.3 Å². The van der Waals surface area contributed by atoms with Crippen molar-refractivity contribution in [2.24, 2.45) is 5.10 Å². The molecule has 2 aromatic carbocycles. The van der Waals surface area contributed by atoms with Gasteiger partial charge in [-0.25, -0.2) is 10.1 Å². The second-order valence-electron chi connectivity index (χ2n) is 7.61. The lowest BCUT2D eigenvalue weighted by molar-refractivity contribution is -0.116. The van der Waals surface area contributed by atoms with Gasteiger partial charge in [0.25, 0.3) is 31.7 Å². The number of rotatable bonds is 5. The number of nitrogens with zero attached hydrogens (tertiary/aromatic N) is 2. The number of carbonyl (C=O) groups is 1. The summed E-state index contributed by atoms with van der Waals surface area (Å²) in [5, 5.41) is 6.79. The van der Waals surface area contributed by atoms with E-state index < -0.39 is 31.7 Å². The monoisotopic (exact) mass is 552 g/mol. The van der Waals surface area contributed by atoms with Gasteiger partial charge in [0.2, 0.25) is 0 Å². The summed E-state index contributed by atoms with van der Waals surface area (Å²) in [6, 6.07) is 9.85. The molecule has 10 N–H and O–H groups in total. The largest absolute Gasteiger partial charge is 0.344 e. The van der Waals surface area contributed by atoms with Crippen LogP contribution < -0.4 is 23.3 Å². The molecule has 0 atom stereocenters. The Balaban J connectivity index is 0.00000241. The van der Waals surface area contributed by atoms with Crippen LogP contribution in [0.2, 0.25) is 0 Å². The molecule has 1 aliphatic heterocycles. The van der Waals surface area contributed by atoms with Crippen molar-refractivity contribution < 1.29 is 30.7 Å². The molecule has 1 aromatic heterocycles. The van der Waals surface area contributed by atoms with Crippen LogP contribution in [0, 0.1) is 6.92 Å². The maximum Gasteiger partial charge on any atom is 0.294 e. The summed E-state index contributed by atoms with van der Waals surface area (Å²) in [5.74, 6) is -0.569. The maximum absolute atomic E-state index is 13.5. The van der Waals surface area contributed by atoms with E-state index in [1.807, 2.05) is 0 Å². The number of nitrogens with one attached hydrogen (secondary N) is 2. The zero-order chi connectivity index (χ0) is 25.7. The van der Waals surface area contributed by atoms with Crippen LogP contribution >= 0.6 is 0 Å². The summed E-state index contributed by atoms with van der Waals surface area (Å²) in [7, 11) is -8.89. The third kappa shape index (κ3) is 5.43. The predicted molar refractivity (Wildman–Crippen MR) is 135 cm³/mol. The second kappa shape index (κ2) is 10.2. The molecule has 16 heteroatoms. The van der Waals surface area contributed by atoms with Crippen molar-refractivity contribution >= 4 is 37.4 Å². The molecule has 1 aliphatic rings. The van der Waals surface area contributed by atoms with Crippen LogP contribution in [-0.4, -0.2) is 47.3 Å². The fourth-order valence-electron chi connectivity index (χ4n) is 3.70. The van der Waals surface area contributed by atoms with Gasteiger partial charge in [-0.3, -0.25) is 23.8 Å². The molecule has 0 fully saturated rings. The van der Waals surface area contributed by atoms with E-state index in [2.05, 4.69) is 15.6 Å². The SMILES string of the molecule is CC1=NNC(=O)C1=C(c1ccc(S(=O)(=O)O)cc1)c1c(C)[nH]n(-c2ccc(S(=O)(=O)O)cc2)c1=O.N.N. The van der Waals surface area contributed by atoms with Gasteiger partial charge in [-0.2, -0.15) is 21.9 Å². The highest BCUT2D eigenvalue weighted by Crippen LogP contribution is 2.30. The van der Waals surface area contributed by atoms with Gasteiger partial charge in [0, 0.05) is 11.3 Å². The highest BCUT2D eigenvalue weighted by molar-refractivity contribution is 7.86. The van der Waals surface area contributed by atoms with E-state index in [4.69, 9.17) is 0 Å². The quantitative estimate of drug-likeness (QED) is 0.197. The molecule has 198 valence electrons. The molecule has 0 bridgehead atoms. The number of aromatic nitrogens is 2. The lowest BCUT2D eigenvalue weighted by atomic mass is 9.91. The molecule has 1 amide bonds. The molecule has 0 saturated carbocycles. The first kappa shape index (κ1) is 29.3. The first-order valence-electron chi connectivity index (χ1n) is 9.86. The van der Waals surface area contributed by atoms with Gasteiger partial charge in [0.15, 0.2) is 0 Å². The molecular formula is C21H24N6O8S2. The number of benzene rings is 2. The molecule has 4 rings (SSSR count). The minimum atomic E-state index is -4.46. The lowest BCUT2D eigenvalue weighted by Crippen LogP contribution is -2.20. The van der Waals surface area contributed by atoms with Crippen molar-refractivity contribution in [3.63, 3.8) is 0 Å². The molecule has 0 radical (unpaired) electrons. The second-order valence-corrected chi connectivity index (χ2v) is 10.5. The number of amides is 1. The van der Waals surface area contributed by atoms with E-state index in [9.17, 15) is 35.5 Å². The number of hydrazone groups is 1. The van der Waals surface area contributed by atoms with Gasteiger partial charge in [-0.05, 0) is 55.8 Å². The van der Waals surface area contributed by atoms with Gasteiger partial charge in [-0.15, -0.1) is 0 Å². The molecule has 3 aromatic rings. The predicted octanol–water partition coefficient (Wildman–Crippen LogP) is 1.60. The highest BCUT2D eigenvalue weighted by atomic mass is 32.2. The number of aryl methyl sites for hydroxylation is 1. The van der Waals surface area contributed by atoms with Crippen molar-refractivity contribution in [1.82, 2.24) is 27.5 Å². The number of aromatic amines is 1. The Labute approximate surface area is 211 Å². The Hall–Kier alpha value is -3.93. The zero-order valence-electron chi connectivity index (χ0n) is 19.6. The third-order valence-corrected chi connectivity index (χ3v) is 7.05. The minimum Gasteiger partial charge on any atom is -0.344 e. The van der Waals surface area contributed by atoms with Crippen LogP contribution in [0.3, 0.4) is 0 Å². The Morgan fingerprint density at radius 3 is 1.76 bits per heavy atom. The van der Waals surface area contributed by atoms with Crippen LogP contribution in [0.1, 0.15) is 23.7 Å². The third-order valence-electron chi connectivity index (χ3n) is 5.32. The summed E-state index contributed by atoms with van der Waals surface area (Å²) < 4.78 is 65.1. The van der Waals surface area contributed by atoms with E-state index in [1.54, 1.807) is 13.8 Å². The average molecular weight is 553 g/mol. The Kier molecular flexibility index (Phi) is 8.08. The van der Waals surface area contributed by atoms with Crippen LogP contribution in [0.25, 0.3) is 11.3 Å². The molecule has 0 spiro atoms. The van der Waals surface area contributed by atoms with E-state index in [0.717, 1.165) is 28.9 Å². The molecule has 0 saturated heterocycles. The minimum absolute atomic E-state index is 0. The Morgan fingerprint density at radius 2 is 1.32 bits per heavy atom. The van der Waals surface area contributed by atoms with Gasteiger partial charge in [0.1, 0.15) is 0 Å². The van der Waals surface area contributed by atoms with E-state index >= 15 is 0 Å². The Morgan fingerprint density at radius 1 is 0.838 bits per heavy atom. The Bertz CT molecular complexity index is 1700. The zero-order valence-corrected chi connectivity index (χ0v) is 21.2. The van der Waals surface area contributed by atoms with Gasteiger partial charge >= 0.3 is 0 Å². The summed E-state index contributed by atoms with van der Waals surface area (Å²) in [4.78, 5) is 25.4. The number of carbonyl (C=O) groups excluding carboxylic acids is 1. The summed E-state index contributed by atoms with van der Waals surface area (Å²) in [6.07, 6.45) is 0. The van der Waals surface area contributed by atoms with E-state index in [0.29, 0.717) is 17.0 Å². The van der Waals surface area contributed by atoms with Crippen molar-refractivity contribution in [1.29, 1.82) is 0 Å². The van der Waals surface area contributed by atoms with Gasteiger partial charge in [0.05, 0.1) is 32.3 Å². The number of H-pyrrole nitrogens is 1. The van der Waals surface area contributed by atoms with Crippen LogP contribution in [0.5, 0.6) is 0 Å². The fourth-order valence-corrected chi connectivity index (χ4v) is 4.66. The van der Waals surface area contributed by atoms with Crippen molar-refractivity contribution in [3.8, 4) is 5.69 Å². The van der Waals surface area contributed by atoms with Crippen LogP contribution in [-0.2, 0) is 25.0 Å². The normalized spacial score (nSPS) is 14.8. The first-order chi connectivity index (χ1) is 16.3. The van der Waals surface area contributed by atoms with Gasteiger partial charge < -0.3 is 12.3 Å². The first-order valence-corrected chi connectivity index (χ1v) is 12.7. The molecular weight excluding hydrogens is 528 g/mol.